The monoisotopic (exact) mass is 422 g/mol. The van der Waals surface area contributed by atoms with E-state index in [-0.39, 0.29) is 0 Å². The number of rotatable bonds is 4. The number of hydrogen-bond donors (Lipinski definition) is 0. The van der Waals surface area contributed by atoms with Crippen LogP contribution in [0, 0.1) is 0 Å². The predicted octanol–water partition coefficient (Wildman–Crippen LogP) is 8.52. The number of benzene rings is 5. The average molecular weight is 423 g/mol. The van der Waals surface area contributed by atoms with Crippen LogP contribution < -0.4 is 4.90 Å². The molecule has 2 heteroatoms. The average Bonchev–Trinajstić information content (AvgIpc) is 2.89. The molecule has 0 radical (unpaired) electrons. The number of aromatic nitrogens is 1. The highest BCUT2D eigenvalue weighted by Gasteiger charge is 2.14. The number of nitrogens with zero attached hydrogens (tertiary/aromatic N) is 2. The second-order valence-electron chi connectivity index (χ2n) is 8.07. The molecule has 156 valence electrons. The topological polar surface area (TPSA) is 16.1 Å². The molecule has 0 unspecified atom stereocenters. The molecule has 6 aromatic rings. The SMILES string of the molecule is c1ccc(N(c2ccccc2)c2ccc(-c3c4ccccc4nc4ccccc34)cc2)cc1. The predicted molar refractivity (Wildman–Crippen MR) is 139 cm³/mol. The maximum Gasteiger partial charge on any atom is 0.0715 e. The van der Waals surface area contributed by atoms with E-state index in [9.17, 15) is 0 Å². The first-order chi connectivity index (χ1) is 16.4. The van der Waals surface area contributed by atoms with Gasteiger partial charge in [-0.2, -0.15) is 0 Å². The second kappa shape index (κ2) is 8.25. The highest BCUT2D eigenvalue weighted by atomic mass is 15.1. The Morgan fingerprint density at radius 1 is 0.394 bits per heavy atom. The van der Waals surface area contributed by atoms with Crippen LogP contribution in [0.4, 0.5) is 17.1 Å². The zero-order valence-electron chi connectivity index (χ0n) is 18.1. The number of hydrogen-bond acceptors (Lipinski definition) is 2. The lowest BCUT2D eigenvalue weighted by Gasteiger charge is -2.25. The summed E-state index contributed by atoms with van der Waals surface area (Å²) in [7, 11) is 0. The van der Waals surface area contributed by atoms with Crippen molar-refractivity contribution in [3.05, 3.63) is 133 Å². The van der Waals surface area contributed by atoms with E-state index in [1.807, 2.05) is 0 Å². The van der Waals surface area contributed by atoms with E-state index < -0.39 is 0 Å². The molecule has 0 saturated heterocycles. The van der Waals surface area contributed by atoms with Gasteiger partial charge in [-0.15, -0.1) is 0 Å². The summed E-state index contributed by atoms with van der Waals surface area (Å²) in [6.45, 7) is 0. The molecule has 5 aromatic carbocycles. The molecule has 0 N–H and O–H groups in total. The van der Waals surface area contributed by atoms with Gasteiger partial charge in [-0.1, -0.05) is 84.9 Å². The van der Waals surface area contributed by atoms with Gasteiger partial charge < -0.3 is 4.90 Å². The number of anilines is 3. The normalized spacial score (nSPS) is 11.0. The summed E-state index contributed by atoms with van der Waals surface area (Å²) in [6.07, 6.45) is 0. The summed E-state index contributed by atoms with van der Waals surface area (Å²) >= 11 is 0. The van der Waals surface area contributed by atoms with Crippen LogP contribution in [0.3, 0.4) is 0 Å². The van der Waals surface area contributed by atoms with Gasteiger partial charge in [-0.05, 0) is 54.1 Å². The summed E-state index contributed by atoms with van der Waals surface area (Å²) in [5.41, 5.74) is 7.85. The molecule has 0 aliphatic rings. The van der Waals surface area contributed by atoms with Gasteiger partial charge in [-0.3, -0.25) is 0 Å². The maximum atomic E-state index is 4.88. The van der Waals surface area contributed by atoms with Crippen molar-refractivity contribution in [2.24, 2.45) is 0 Å². The van der Waals surface area contributed by atoms with Crippen molar-refractivity contribution >= 4 is 38.9 Å². The third-order valence-electron chi connectivity index (χ3n) is 6.03. The van der Waals surface area contributed by atoms with Crippen molar-refractivity contribution in [2.45, 2.75) is 0 Å². The molecule has 0 atom stereocenters. The molecule has 0 bridgehead atoms. The Morgan fingerprint density at radius 3 is 1.33 bits per heavy atom. The van der Waals surface area contributed by atoms with Crippen LogP contribution in [-0.4, -0.2) is 4.98 Å². The lowest BCUT2D eigenvalue weighted by atomic mass is 9.96. The van der Waals surface area contributed by atoms with Gasteiger partial charge in [0.05, 0.1) is 11.0 Å². The highest BCUT2D eigenvalue weighted by Crippen LogP contribution is 2.38. The van der Waals surface area contributed by atoms with Crippen molar-refractivity contribution in [3.8, 4) is 11.1 Å². The smallest absolute Gasteiger partial charge is 0.0715 e. The minimum absolute atomic E-state index is 1.02. The zero-order chi connectivity index (χ0) is 22.0. The number of pyridine rings is 1. The molecule has 1 aromatic heterocycles. The van der Waals surface area contributed by atoms with Crippen LogP contribution in [0.5, 0.6) is 0 Å². The van der Waals surface area contributed by atoms with Crippen LogP contribution in [0.2, 0.25) is 0 Å². The van der Waals surface area contributed by atoms with E-state index in [1.165, 1.54) is 21.9 Å². The van der Waals surface area contributed by atoms with Gasteiger partial charge in [0.15, 0.2) is 0 Å². The molecule has 0 saturated carbocycles. The molecule has 0 amide bonds. The Bertz CT molecular complexity index is 1450. The number of fused-ring (bicyclic) bond motifs is 2. The van der Waals surface area contributed by atoms with E-state index in [0.29, 0.717) is 0 Å². The Labute approximate surface area is 193 Å². The standard InChI is InChI=1S/C31H22N2/c1-3-11-24(12-4-1)33(25-13-5-2-6-14-25)26-21-19-23(20-22-26)31-27-15-7-9-17-29(27)32-30-18-10-8-16-28(30)31/h1-22H. The highest BCUT2D eigenvalue weighted by molar-refractivity contribution is 6.09. The Balaban J connectivity index is 1.52. The van der Waals surface area contributed by atoms with Crippen LogP contribution in [0.15, 0.2) is 133 Å². The molecule has 2 nitrogen and oxygen atoms in total. The summed E-state index contributed by atoms with van der Waals surface area (Å²) in [5, 5.41) is 2.35. The molecular formula is C31H22N2. The van der Waals surface area contributed by atoms with Crippen LogP contribution >= 0.6 is 0 Å². The van der Waals surface area contributed by atoms with E-state index in [0.717, 1.165) is 28.1 Å². The number of para-hydroxylation sites is 4. The molecule has 6 rings (SSSR count). The van der Waals surface area contributed by atoms with Crippen molar-refractivity contribution in [2.75, 3.05) is 4.90 Å². The van der Waals surface area contributed by atoms with Crippen LogP contribution in [0.1, 0.15) is 0 Å². The third-order valence-corrected chi connectivity index (χ3v) is 6.03. The first-order valence-electron chi connectivity index (χ1n) is 11.2. The van der Waals surface area contributed by atoms with Crippen molar-refractivity contribution in [1.82, 2.24) is 4.98 Å². The van der Waals surface area contributed by atoms with Gasteiger partial charge in [-0.25, -0.2) is 4.98 Å². The van der Waals surface area contributed by atoms with Crippen molar-refractivity contribution in [3.63, 3.8) is 0 Å². The van der Waals surface area contributed by atoms with Gasteiger partial charge in [0, 0.05) is 33.4 Å². The maximum absolute atomic E-state index is 4.88. The minimum atomic E-state index is 1.02. The molecule has 0 fully saturated rings. The summed E-state index contributed by atoms with van der Waals surface area (Å²) in [4.78, 5) is 7.17. The summed E-state index contributed by atoms with van der Waals surface area (Å²) < 4.78 is 0. The zero-order valence-corrected chi connectivity index (χ0v) is 18.1. The molecule has 33 heavy (non-hydrogen) atoms. The lowest BCUT2D eigenvalue weighted by molar-refractivity contribution is 1.28. The molecule has 0 aliphatic carbocycles. The van der Waals surface area contributed by atoms with Gasteiger partial charge in [0.25, 0.3) is 0 Å². The van der Waals surface area contributed by atoms with Crippen molar-refractivity contribution < 1.29 is 0 Å². The van der Waals surface area contributed by atoms with E-state index in [1.54, 1.807) is 0 Å². The van der Waals surface area contributed by atoms with E-state index in [4.69, 9.17) is 4.98 Å². The first-order valence-corrected chi connectivity index (χ1v) is 11.2. The molecule has 0 aliphatic heterocycles. The fraction of sp³-hybridized carbons (Fsp3) is 0. The molecule has 0 spiro atoms. The fourth-order valence-electron chi connectivity index (χ4n) is 4.53. The Hall–Kier alpha value is -4.43. The molecule has 1 heterocycles. The van der Waals surface area contributed by atoms with Crippen LogP contribution in [0.25, 0.3) is 32.9 Å². The van der Waals surface area contributed by atoms with Gasteiger partial charge >= 0.3 is 0 Å². The third kappa shape index (κ3) is 3.52. The summed E-state index contributed by atoms with van der Waals surface area (Å²) in [5.74, 6) is 0. The minimum Gasteiger partial charge on any atom is -0.311 e. The second-order valence-corrected chi connectivity index (χ2v) is 8.07. The van der Waals surface area contributed by atoms with Crippen LogP contribution in [-0.2, 0) is 0 Å². The molecular weight excluding hydrogens is 400 g/mol. The van der Waals surface area contributed by atoms with Crippen molar-refractivity contribution in [1.29, 1.82) is 0 Å². The lowest BCUT2D eigenvalue weighted by Crippen LogP contribution is -2.09. The quantitative estimate of drug-likeness (QED) is 0.265. The Morgan fingerprint density at radius 2 is 0.818 bits per heavy atom. The Kier molecular flexibility index (Phi) is 4.82. The largest absolute Gasteiger partial charge is 0.311 e. The first kappa shape index (κ1) is 19.3. The fourth-order valence-corrected chi connectivity index (χ4v) is 4.53. The van der Waals surface area contributed by atoms with E-state index >= 15 is 0 Å². The summed E-state index contributed by atoms with van der Waals surface area (Å²) in [6, 6.07) is 46.6. The van der Waals surface area contributed by atoms with Gasteiger partial charge in [0.1, 0.15) is 0 Å². The van der Waals surface area contributed by atoms with Gasteiger partial charge in [0.2, 0.25) is 0 Å². The van der Waals surface area contributed by atoms with E-state index in [2.05, 4.69) is 138 Å².